The minimum Gasteiger partial charge on any atom is -0.313 e. The van der Waals surface area contributed by atoms with E-state index >= 15 is 0 Å². The summed E-state index contributed by atoms with van der Waals surface area (Å²) in [5, 5.41) is 3.45. The van der Waals surface area contributed by atoms with Crippen LogP contribution in [0.5, 0.6) is 0 Å². The van der Waals surface area contributed by atoms with Crippen LogP contribution >= 0.6 is 11.8 Å². The van der Waals surface area contributed by atoms with E-state index in [2.05, 4.69) is 57.4 Å². The molecule has 0 heterocycles. The molecule has 1 aromatic carbocycles. The van der Waals surface area contributed by atoms with Crippen LogP contribution in [0.1, 0.15) is 45.2 Å². The molecule has 17 heavy (non-hydrogen) atoms. The molecule has 0 aliphatic rings. The lowest BCUT2D eigenvalue weighted by molar-refractivity contribution is 0.384. The van der Waals surface area contributed by atoms with Crippen LogP contribution in [0.3, 0.4) is 0 Å². The molecule has 0 aromatic heterocycles. The molecule has 0 bridgehead atoms. The molecule has 2 unspecified atom stereocenters. The highest BCUT2D eigenvalue weighted by atomic mass is 32.2. The van der Waals surface area contributed by atoms with Gasteiger partial charge in [0.1, 0.15) is 0 Å². The van der Waals surface area contributed by atoms with Crippen LogP contribution in [0.4, 0.5) is 0 Å². The van der Waals surface area contributed by atoms with Gasteiger partial charge in [0.2, 0.25) is 0 Å². The number of rotatable bonds is 7. The summed E-state index contributed by atoms with van der Waals surface area (Å²) in [5.41, 5.74) is 1.41. The Morgan fingerprint density at radius 3 is 2.29 bits per heavy atom. The maximum atomic E-state index is 3.45. The molecule has 0 saturated carbocycles. The first-order chi connectivity index (χ1) is 8.22. The van der Waals surface area contributed by atoms with E-state index in [0.29, 0.717) is 12.0 Å². The number of hydrogen-bond donors (Lipinski definition) is 1. The van der Waals surface area contributed by atoms with Gasteiger partial charge < -0.3 is 5.32 Å². The molecule has 0 radical (unpaired) electrons. The first-order valence-electron chi connectivity index (χ1n) is 6.62. The Morgan fingerprint density at radius 1 is 1.18 bits per heavy atom. The molecule has 0 aliphatic heterocycles. The second kappa shape index (κ2) is 7.78. The Balaban J connectivity index is 2.74. The van der Waals surface area contributed by atoms with E-state index in [0.717, 1.165) is 5.75 Å². The van der Waals surface area contributed by atoms with Gasteiger partial charge in [0.15, 0.2) is 0 Å². The molecule has 1 rings (SSSR count). The number of nitrogens with one attached hydrogen (secondary N) is 1. The zero-order valence-corrected chi connectivity index (χ0v) is 12.3. The van der Waals surface area contributed by atoms with Crippen molar-refractivity contribution < 1.29 is 0 Å². The Bertz CT molecular complexity index is 307. The summed E-state index contributed by atoms with van der Waals surface area (Å²) >= 11 is 1.90. The van der Waals surface area contributed by atoms with E-state index in [4.69, 9.17) is 0 Å². The number of benzene rings is 1. The van der Waals surface area contributed by atoms with Crippen molar-refractivity contribution in [2.75, 3.05) is 12.8 Å². The van der Waals surface area contributed by atoms with E-state index < -0.39 is 0 Å². The van der Waals surface area contributed by atoms with Gasteiger partial charge in [-0.15, -0.1) is 11.8 Å². The van der Waals surface area contributed by atoms with E-state index in [-0.39, 0.29) is 0 Å². The van der Waals surface area contributed by atoms with E-state index in [9.17, 15) is 0 Å². The maximum absolute atomic E-state index is 3.45. The lowest BCUT2D eigenvalue weighted by atomic mass is 9.91. The van der Waals surface area contributed by atoms with Crippen LogP contribution in [0.25, 0.3) is 0 Å². The fraction of sp³-hybridized carbons (Fsp3) is 0.600. The fourth-order valence-electron chi connectivity index (χ4n) is 2.34. The van der Waals surface area contributed by atoms with Crippen LogP contribution in [-0.2, 0) is 0 Å². The van der Waals surface area contributed by atoms with Crippen molar-refractivity contribution in [3.8, 4) is 0 Å². The van der Waals surface area contributed by atoms with Gasteiger partial charge in [-0.3, -0.25) is 0 Å². The minimum absolute atomic E-state index is 0.482. The molecule has 0 spiro atoms. The second-order valence-corrected chi connectivity index (χ2v) is 5.87. The molecule has 1 aromatic rings. The van der Waals surface area contributed by atoms with E-state index in [1.165, 1.54) is 23.3 Å². The monoisotopic (exact) mass is 251 g/mol. The Kier molecular flexibility index (Phi) is 6.68. The van der Waals surface area contributed by atoms with E-state index in [1.54, 1.807) is 0 Å². The van der Waals surface area contributed by atoms with Crippen LogP contribution in [-0.4, -0.2) is 12.8 Å². The molecule has 0 amide bonds. The number of hydrogen-bond acceptors (Lipinski definition) is 2. The average molecular weight is 251 g/mol. The third-order valence-corrected chi connectivity index (χ3v) is 4.07. The largest absolute Gasteiger partial charge is 0.313 e. The average Bonchev–Trinajstić information content (AvgIpc) is 2.33. The molecular weight excluding hydrogens is 226 g/mol. The van der Waals surface area contributed by atoms with Crippen molar-refractivity contribution in [3.05, 3.63) is 29.8 Å². The molecule has 1 nitrogen and oxygen atoms in total. The molecule has 2 heteroatoms. The second-order valence-electron chi connectivity index (χ2n) is 4.53. The van der Waals surface area contributed by atoms with Crippen LogP contribution < -0.4 is 5.32 Å². The Labute approximate surface area is 110 Å². The van der Waals surface area contributed by atoms with Crippen LogP contribution in [0.15, 0.2) is 29.2 Å². The summed E-state index contributed by atoms with van der Waals surface area (Å²) < 4.78 is 0. The van der Waals surface area contributed by atoms with Crippen molar-refractivity contribution in [1.82, 2.24) is 5.32 Å². The molecule has 2 atom stereocenters. The standard InChI is InChI=1S/C15H25NS/c1-5-7-12(3)15(16-4)13-8-10-14(11-9-13)17-6-2/h8-12,15-16H,5-7H2,1-4H3. The molecular formula is C15H25NS. The van der Waals surface area contributed by atoms with Gasteiger partial charge in [-0.25, -0.2) is 0 Å². The van der Waals surface area contributed by atoms with Gasteiger partial charge in [-0.1, -0.05) is 39.3 Å². The van der Waals surface area contributed by atoms with Gasteiger partial charge in [0.05, 0.1) is 0 Å². The third kappa shape index (κ3) is 4.36. The quantitative estimate of drug-likeness (QED) is 0.716. The molecule has 0 aliphatic carbocycles. The van der Waals surface area contributed by atoms with Gasteiger partial charge >= 0.3 is 0 Å². The first kappa shape index (κ1) is 14.6. The lowest BCUT2D eigenvalue weighted by Gasteiger charge is -2.24. The van der Waals surface area contributed by atoms with Gasteiger partial charge in [-0.2, -0.15) is 0 Å². The van der Waals surface area contributed by atoms with Gasteiger partial charge in [0, 0.05) is 10.9 Å². The van der Waals surface area contributed by atoms with Crippen LogP contribution in [0.2, 0.25) is 0 Å². The van der Waals surface area contributed by atoms with Crippen molar-refractivity contribution in [2.45, 2.75) is 44.6 Å². The summed E-state index contributed by atoms with van der Waals surface area (Å²) in [6.07, 6.45) is 2.53. The summed E-state index contributed by atoms with van der Waals surface area (Å²) in [6.45, 7) is 6.78. The Hall–Kier alpha value is -0.470. The highest BCUT2D eigenvalue weighted by Crippen LogP contribution is 2.27. The predicted molar refractivity (Wildman–Crippen MR) is 78.7 cm³/mol. The highest BCUT2D eigenvalue weighted by molar-refractivity contribution is 7.99. The molecule has 1 N–H and O–H groups in total. The zero-order chi connectivity index (χ0) is 12.7. The van der Waals surface area contributed by atoms with E-state index in [1.807, 2.05) is 11.8 Å². The SMILES string of the molecule is CCCC(C)C(NC)c1ccc(SCC)cc1. The summed E-state index contributed by atoms with van der Waals surface area (Å²) in [7, 11) is 2.06. The zero-order valence-electron chi connectivity index (χ0n) is 11.5. The Morgan fingerprint density at radius 2 is 1.82 bits per heavy atom. The molecule has 96 valence electrons. The summed E-state index contributed by atoms with van der Waals surface area (Å²) in [6, 6.07) is 9.51. The summed E-state index contributed by atoms with van der Waals surface area (Å²) in [4.78, 5) is 1.37. The highest BCUT2D eigenvalue weighted by Gasteiger charge is 2.16. The van der Waals surface area contributed by atoms with Gasteiger partial charge in [0.25, 0.3) is 0 Å². The topological polar surface area (TPSA) is 12.0 Å². The minimum atomic E-state index is 0.482. The lowest BCUT2D eigenvalue weighted by Crippen LogP contribution is -2.23. The summed E-state index contributed by atoms with van der Waals surface area (Å²) in [5.74, 6) is 1.83. The fourth-order valence-corrected chi connectivity index (χ4v) is 3.00. The first-order valence-corrected chi connectivity index (χ1v) is 7.61. The van der Waals surface area contributed by atoms with Crippen molar-refractivity contribution in [3.63, 3.8) is 0 Å². The molecule has 0 saturated heterocycles. The van der Waals surface area contributed by atoms with Crippen LogP contribution in [0, 0.1) is 5.92 Å². The van der Waals surface area contributed by atoms with Gasteiger partial charge in [-0.05, 0) is 42.8 Å². The van der Waals surface area contributed by atoms with Crippen molar-refractivity contribution in [2.24, 2.45) is 5.92 Å². The maximum Gasteiger partial charge on any atom is 0.0343 e. The predicted octanol–water partition coefficient (Wildman–Crippen LogP) is 4.50. The number of thioether (sulfide) groups is 1. The normalized spacial score (nSPS) is 14.6. The smallest absolute Gasteiger partial charge is 0.0343 e. The third-order valence-electron chi connectivity index (χ3n) is 3.17. The van der Waals surface area contributed by atoms with Crippen molar-refractivity contribution in [1.29, 1.82) is 0 Å². The molecule has 0 fully saturated rings. The van der Waals surface area contributed by atoms with Crippen molar-refractivity contribution >= 4 is 11.8 Å².